The molecule has 1 fully saturated rings. The quantitative estimate of drug-likeness (QED) is 0.523. The van der Waals surface area contributed by atoms with Gasteiger partial charge in [0, 0.05) is 11.5 Å². The highest BCUT2D eigenvalue weighted by Crippen LogP contribution is 2.42. The number of H-pyrrole nitrogens is 1. The van der Waals surface area contributed by atoms with Gasteiger partial charge in [-0.15, -0.1) is 5.10 Å². The Morgan fingerprint density at radius 2 is 2.12 bits per heavy atom. The van der Waals surface area contributed by atoms with Crippen molar-refractivity contribution in [2.75, 3.05) is 25.1 Å². The molecule has 0 unspecified atom stereocenters. The molecule has 0 radical (unpaired) electrons. The van der Waals surface area contributed by atoms with Crippen molar-refractivity contribution in [1.82, 2.24) is 20.2 Å². The molecule has 0 bridgehead atoms. The van der Waals surface area contributed by atoms with Crippen molar-refractivity contribution >= 4 is 17.1 Å². The first kappa shape index (κ1) is 22.1. The maximum atomic E-state index is 13.0. The second-order valence-electron chi connectivity index (χ2n) is 7.95. The summed E-state index contributed by atoms with van der Waals surface area (Å²) in [7, 11) is 0. The maximum Gasteiger partial charge on any atom is 0.434 e. The molecule has 12 heteroatoms. The van der Waals surface area contributed by atoms with Crippen LogP contribution < -0.4 is 15.8 Å². The van der Waals surface area contributed by atoms with Gasteiger partial charge in [-0.2, -0.15) is 13.2 Å². The van der Waals surface area contributed by atoms with Crippen molar-refractivity contribution in [3.63, 3.8) is 0 Å². The zero-order valence-corrected chi connectivity index (χ0v) is 17.8. The molecule has 0 atom stereocenters. The molecule has 2 N–H and O–H groups in total. The first-order chi connectivity index (χ1) is 16.4. The van der Waals surface area contributed by atoms with Crippen LogP contribution in [-0.4, -0.2) is 46.2 Å². The number of halogens is 3. The summed E-state index contributed by atoms with van der Waals surface area (Å²) in [5.74, 6) is -0.392. The zero-order chi connectivity index (χ0) is 23.7. The van der Waals surface area contributed by atoms with Gasteiger partial charge in [-0.1, -0.05) is 18.2 Å². The molecule has 1 saturated carbocycles. The normalized spacial score (nSPS) is 16.3. The molecular formula is C22H20F3N5O4. The van der Waals surface area contributed by atoms with Crippen LogP contribution in [0.25, 0.3) is 17.2 Å². The van der Waals surface area contributed by atoms with Crippen LogP contribution in [0.2, 0.25) is 0 Å². The monoisotopic (exact) mass is 475 g/mol. The van der Waals surface area contributed by atoms with E-state index >= 15 is 0 Å². The number of aromatic amines is 1. The molecule has 2 aliphatic rings. The summed E-state index contributed by atoms with van der Waals surface area (Å²) in [6.07, 6.45) is 1.37. The molecule has 34 heavy (non-hydrogen) atoms. The first-order valence-electron chi connectivity index (χ1n) is 10.7. The average molecular weight is 475 g/mol. The minimum atomic E-state index is -4.52. The number of anilines is 2. The molecule has 0 saturated heterocycles. The lowest BCUT2D eigenvalue weighted by atomic mass is 9.99. The lowest BCUT2D eigenvalue weighted by molar-refractivity contribution is -0.153. The number of nitrogens with zero attached hydrogens (tertiary/aromatic N) is 3. The van der Waals surface area contributed by atoms with Crippen molar-refractivity contribution in [1.29, 1.82) is 0 Å². The molecule has 0 spiro atoms. The molecule has 178 valence electrons. The third-order valence-electron chi connectivity index (χ3n) is 5.38. The van der Waals surface area contributed by atoms with Gasteiger partial charge in [0.2, 0.25) is 0 Å². The van der Waals surface area contributed by atoms with E-state index in [1.807, 2.05) is 6.08 Å². The Morgan fingerprint density at radius 3 is 2.79 bits per heavy atom. The Kier molecular flexibility index (Phi) is 5.82. The smallest absolute Gasteiger partial charge is 0.434 e. The fourth-order valence-corrected chi connectivity index (χ4v) is 3.65. The van der Waals surface area contributed by atoms with Crippen LogP contribution in [-0.2, 0) is 4.74 Å². The molecule has 1 aromatic carbocycles. The van der Waals surface area contributed by atoms with E-state index in [4.69, 9.17) is 13.9 Å². The summed E-state index contributed by atoms with van der Waals surface area (Å²) < 4.78 is 54.8. The van der Waals surface area contributed by atoms with Crippen LogP contribution >= 0.6 is 0 Å². The van der Waals surface area contributed by atoms with E-state index < -0.39 is 18.5 Å². The van der Waals surface area contributed by atoms with E-state index in [1.165, 1.54) is 0 Å². The molecule has 3 aromatic rings. The summed E-state index contributed by atoms with van der Waals surface area (Å²) in [4.78, 5) is 20.5. The second kappa shape index (κ2) is 8.93. The lowest BCUT2D eigenvalue weighted by Gasteiger charge is -2.21. The van der Waals surface area contributed by atoms with Gasteiger partial charge in [-0.05, 0) is 30.9 Å². The number of hydrogen-bond donors (Lipinski definition) is 2. The van der Waals surface area contributed by atoms with E-state index in [-0.39, 0.29) is 34.8 Å². The van der Waals surface area contributed by atoms with Gasteiger partial charge in [0.15, 0.2) is 23.9 Å². The minimum Gasteiger partial charge on any atom is -0.481 e. The summed E-state index contributed by atoms with van der Waals surface area (Å²) >= 11 is 0. The average Bonchev–Trinajstić information content (AvgIpc) is 3.58. The largest absolute Gasteiger partial charge is 0.481 e. The highest BCUT2D eigenvalue weighted by atomic mass is 19.4. The maximum absolute atomic E-state index is 13.0. The Balaban J connectivity index is 1.56. The summed E-state index contributed by atoms with van der Waals surface area (Å²) in [5.41, 5.74) is 2.48. The van der Waals surface area contributed by atoms with Gasteiger partial charge in [0.05, 0.1) is 30.8 Å². The Hall–Kier alpha value is -3.67. The van der Waals surface area contributed by atoms with E-state index in [0.717, 1.165) is 24.1 Å². The zero-order valence-electron chi connectivity index (χ0n) is 17.8. The number of rotatable bonds is 7. The highest BCUT2D eigenvalue weighted by molar-refractivity contribution is 5.81. The minimum absolute atomic E-state index is 0.0236. The third-order valence-corrected chi connectivity index (χ3v) is 5.38. The third kappa shape index (κ3) is 4.96. The SMILES string of the molecule is O=c1[nH]nc(-c2nc(C3CC3)cnc2Nc2cccc(C3=CCOCC3)c2OCC(F)(F)F)o1. The fourth-order valence-electron chi connectivity index (χ4n) is 3.65. The van der Waals surface area contributed by atoms with Crippen LogP contribution in [0.5, 0.6) is 5.75 Å². The molecule has 2 aromatic heterocycles. The summed E-state index contributed by atoms with van der Waals surface area (Å²) in [6, 6.07) is 4.98. The molecule has 0 amide bonds. The van der Waals surface area contributed by atoms with Crippen molar-refractivity contribution in [3.05, 3.63) is 52.3 Å². The number of ether oxygens (including phenoxy) is 2. The number of aromatic nitrogens is 4. The number of alkyl halides is 3. The number of hydrogen-bond acceptors (Lipinski definition) is 8. The Labute approximate surface area is 191 Å². The van der Waals surface area contributed by atoms with Crippen molar-refractivity contribution in [2.24, 2.45) is 0 Å². The Morgan fingerprint density at radius 1 is 1.26 bits per heavy atom. The first-order valence-corrected chi connectivity index (χ1v) is 10.7. The van der Waals surface area contributed by atoms with E-state index in [1.54, 1.807) is 24.4 Å². The van der Waals surface area contributed by atoms with Gasteiger partial charge >= 0.3 is 11.9 Å². The van der Waals surface area contributed by atoms with Gasteiger partial charge in [-0.25, -0.2) is 19.9 Å². The Bertz CT molecular complexity index is 1280. The number of nitrogens with one attached hydrogen (secondary N) is 2. The molecular weight excluding hydrogens is 455 g/mol. The fraction of sp³-hybridized carbons (Fsp3) is 0.364. The number of para-hydroxylation sites is 1. The summed E-state index contributed by atoms with van der Waals surface area (Å²) in [5, 5.41) is 9.04. The van der Waals surface area contributed by atoms with Crippen LogP contribution in [0.4, 0.5) is 24.7 Å². The molecule has 3 heterocycles. The van der Waals surface area contributed by atoms with Gasteiger partial charge < -0.3 is 19.2 Å². The van der Waals surface area contributed by atoms with Crippen molar-refractivity contribution in [3.8, 4) is 17.3 Å². The van der Waals surface area contributed by atoms with Gasteiger partial charge in [0.1, 0.15) is 0 Å². The predicted molar refractivity (Wildman–Crippen MR) is 115 cm³/mol. The number of benzene rings is 1. The van der Waals surface area contributed by atoms with Crippen LogP contribution in [0.3, 0.4) is 0 Å². The molecule has 1 aliphatic carbocycles. The highest BCUT2D eigenvalue weighted by Gasteiger charge is 2.31. The van der Waals surface area contributed by atoms with Crippen molar-refractivity contribution < 1.29 is 27.1 Å². The van der Waals surface area contributed by atoms with E-state index in [2.05, 4.69) is 25.5 Å². The van der Waals surface area contributed by atoms with Gasteiger partial charge in [-0.3, -0.25) is 0 Å². The van der Waals surface area contributed by atoms with Crippen LogP contribution in [0.15, 0.2) is 39.7 Å². The lowest BCUT2D eigenvalue weighted by Crippen LogP contribution is -2.20. The van der Waals surface area contributed by atoms with Crippen LogP contribution in [0, 0.1) is 0 Å². The topological polar surface area (TPSA) is 115 Å². The second-order valence-corrected chi connectivity index (χ2v) is 7.95. The van der Waals surface area contributed by atoms with Crippen LogP contribution in [0.1, 0.15) is 36.4 Å². The molecule has 1 aliphatic heterocycles. The van der Waals surface area contributed by atoms with Crippen molar-refractivity contribution in [2.45, 2.75) is 31.4 Å². The standard InChI is InChI=1S/C22H20F3N5O4/c23-22(24,25)11-33-18-14(12-6-8-32-9-7-12)2-1-3-15(18)28-19-17(20-29-30-21(31)34-20)27-16(10-26-19)13-4-5-13/h1-3,6,10,13H,4-5,7-9,11H2,(H,26,28)(H,30,31). The van der Waals surface area contributed by atoms with E-state index in [0.29, 0.717) is 25.2 Å². The predicted octanol–water partition coefficient (Wildman–Crippen LogP) is 4.19. The summed E-state index contributed by atoms with van der Waals surface area (Å²) in [6.45, 7) is -0.642. The molecule has 9 nitrogen and oxygen atoms in total. The van der Waals surface area contributed by atoms with E-state index in [9.17, 15) is 18.0 Å². The molecule has 5 rings (SSSR count). The van der Waals surface area contributed by atoms with Gasteiger partial charge in [0.25, 0.3) is 5.89 Å².